The maximum atomic E-state index is 6.23. The fourth-order valence-corrected chi connectivity index (χ4v) is 2.25. The van der Waals surface area contributed by atoms with E-state index in [1.165, 1.54) is 16.7 Å². The number of aromatic nitrogens is 3. The summed E-state index contributed by atoms with van der Waals surface area (Å²) >= 11 is 0. The monoisotopic (exact) mass is 258 g/mol. The molecule has 0 spiro atoms. The average molecular weight is 258 g/mol. The lowest BCUT2D eigenvalue weighted by atomic mass is 10.00. The number of aryl methyl sites for hydroxylation is 3. The van der Waals surface area contributed by atoms with Gasteiger partial charge < -0.3 is 5.73 Å². The first kappa shape index (κ1) is 13.7. The summed E-state index contributed by atoms with van der Waals surface area (Å²) in [5, 5.41) is 4.17. The van der Waals surface area contributed by atoms with Gasteiger partial charge in [0.15, 0.2) is 0 Å². The van der Waals surface area contributed by atoms with Crippen LogP contribution in [0.25, 0.3) is 0 Å². The number of hydrogen-bond acceptors (Lipinski definition) is 3. The Balaban J connectivity index is 2.01. The first-order valence-electron chi connectivity index (χ1n) is 6.78. The molecule has 2 N–H and O–H groups in total. The van der Waals surface area contributed by atoms with Crippen LogP contribution in [0.4, 0.5) is 0 Å². The third kappa shape index (κ3) is 3.41. The quantitative estimate of drug-likeness (QED) is 0.892. The molecule has 0 saturated carbocycles. The second-order valence-corrected chi connectivity index (χ2v) is 5.08. The van der Waals surface area contributed by atoms with Crippen molar-refractivity contribution in [1.29, 1.82) is 0 Å². The van der Waals surface area contributed by atoms with E-state index < -0.39 is 0 Å². The number of rotatable bonds is 5. The van der Waals surface area contributed by atoms with Gasteiger partial charge >= 0.3 is 0 Å². The number of benzene rings is 1. The second-order valence-electron chi connectivity index (χ2n) is 5.08. The third-order valence-corrected chi connectivity index (χ3v) is 3.51. The molecule has 0 radical (unpaired) electrons. The Labute approximate surface area is 114 Å². The van der Waals surface area contributed by atoms with Gasteiger partial charge in [0, 0.05) is 19.0 Å². The Bertz CT molecular complexity index is 545. The Kier molecular flexibility index (Phi) is 4.32. The molecule has 19 heavy (non-hydrogen) atoms. The van der Waals surface area contributed by atoms with Gasteiger partial charge in [0.2, 0.25) is 0 Å². The third-order valence-electron chi connectivity index (χ3n) is 3.51. The van der Waals surface area contributed by atoms with Crippen LogP contribution in [0.15, 0.2) is 24.5 Å². The van der Waals surface area contributed by atoms with E-state index in [1.807, 2.05) is 4.68 Å². The van der Waals surface area contributed by atoms with Gasteiger partial charge in [-0.25, -0.2) is 4.98 Å². The van der Waals surface area contributed by atoms with Crippen LogP contribution < -0.4 is 5.73 Å². The summed E-state index contributed by atoms with van der Waals surface area (Å²) in [7, 11) is 0. The molecular formula is C15H22N4. The van der Waals surface area contributed by atoms with Crippen LogP contribution in [-0.2, 0) is 19.4 Å². The molecule has 0 aliphatic rings. The van der Waals surface area contributed by atoms with Crippen LogP contribution in [0.5, 0.6) is 0 Å². The number of nitrogens with zero attached hydrogens (tertiary/aromatic N) is 3. The summed E-state index contributed by atoms with van der Waals surface area (Å²) < 4.78 is 1.90. The van der Waals surface area contributed by atoms with Crippen LogP contribution in [0, 0.1) is 13.8 Å². The summed E-state index contributed by atoms with van der Waals surface area (Å²) in [6.45, 7) is 7.17. The van der Waals surface area contributed by atoms with Crippen LogP contribution in [0.2, 0.25) is 0 Å². The molecule has 0 aliphatic heterocycles. The molecule has 2 rings (SSSR count). The highest BCUT2D eigenvalue weighted by Crippen LogP contribution is 2.12. The van der Waals surface area contributed by atoms with Crippen LogP contribution >= 0.6 is 0 Å². The maximum absolute atomic E-state index is 6.23. The molecule has 1 atom stereocenters. The molecule has 102 valence electrons. The second kappa shape index (κ2) is 5.97. The van der Waals surface area contributed by atoms with Crippen molar-refractivity contribution in [3.63, 3.8) is 0 Å². The van der Waals surface area contributed by atoms with E-state index in [4.69, 9.17) is 5.73 Å². The van der Waals surface area contributed by atoms with Crippen molar-refractivity contribution in [2.45, 2.75) is 46.2 Å². The predicted molar refractivity (Wildman–Crippen MR) is 77.0 cm³/mol. The largest absolute Gasteiger partial charge is 0.327 e. The zero-order chi connectivity index (χ0) is 13.8. The fourth-order valence-electron chi connectivity index (χ4n) is 2.25. The van der Waals surface area contributed by atoms with Crippen molar-refractivity contribution in [3.8, 4) is 0 Å². The summed E-state index contributed by atoms with van der Waals surface area (Å²) in [5.74, 6) is 0.971. The summed E-state index contributed by atoms with van der Waals surface area (Å²) in [6, 6.07) is 6.62. The summed E-state index contributed by atoms with van der Waals surface area (Å²) in [4.78, 5) is 4.27. The van der Waals surface area contributed by atoms with Gasteiger partial charge in [0.1, 0.15) is 12.2 Å². The van der Waals surface area contributed by atoms with Crippen molar-refractivity contribution >= 4 is 0 Å². The topological polar surface area (TPSA) is 56.7 Å². The SMILES string of the molecule is CCn1ncnc1CC(N)Cc1ccc(C)c(C)c1. The minimum Gasteiger partial charge on any atom is -0.327 e. The molecule has 1 unspecified atom stereocenters. The Morgan fingerprint density at radius 2 is 2.00 bits per heavy atom. The number of nitrogens with two attached hydrogens (primary N) is 1. The highest BCUT2D eigenvalue weighted by Gasteiger charge is 2.10. The Morgan fingerprint density at radius 3 is 2.68 bits per heavy atom. The first-order valence-corrected chi connectivity index (χ1v) is 6.78. The van der Waals surface area contributed by atoms with Crippen LogP contribution in [0.1, 0.15) is 29.4 Å². The van der Waals surface area contributed by atoms with E-state index in [2.05, 4.69) is 49.1 Å². The molecule has 4 nitrogen and oxygen atoms in total. The molecule has 0 saturated heterocycles. The fraction of sp³-hybridized carbons (Fsp3) is 0.467. The Morgan fingerprint density at radius 1 is 1.21 bits per heavy atom. The van der Waals surface area contributed by atoms with Gasteiger partial charge in [0.25, 0.3) is 0 Å². The van der Waals surface area contributed by atoms with Crippen molar-refractivity contribution in [2.75, 3.05) is 0 Å². The van der Waals surface area contributed by atoms with E-state index in [0.29, 0.717) is 0 Å². The Hall–Kier alpha value is -1.68. The molecule has 0 fully saturated rings. The highest BCUT2D eigenvalue weighted by molar-refractivity contribution is 5.30. The lowest BCUT2D eigenvalue weighted by molar-refractivity contribution is 0.567. The van der Waals surface area contributed by atoms with Crippen molar-refractivity contribution in [1.82, 2.24) is 14.8 Å². The molecule has 1 aromatic heterocycles. The molecule has 0 bridgehead atoms. The van der Waals surface area contributed by atoms with Gasteiger partial charge in [-0.1, -0.05) is 18.2 Å². The summed E-state index contributed by atoms with van der Waals surface area (Å²) in [6.07, 6.45) is 3.24. The van der Waals surface area contributed by atoms with Crippen molar-refractivity contribution < 1.29 is 0 Å². The zero-order valence-corrected chi connectivity index (χ0v) is 11.9. The summed E-state index contributed by atoms with van der Waals surface area (Å²) in [5.41, 5.74) is 10.2. The van der Waals surface area contributed by atoms with Gasteiger partial charge in [-0.3, -0.25) is 4.68 Å². The van der Waals surface area contributed by atoms with Gasteiger partial charge in [0.05, 0.1) is 0 Å². The average Bonchev–Trinajstić information content (AvgIpc) is 2.81. The molecule has 1 heterocycles. The van der Waals surface area contributed by atoms with Crippen molar-refractivity contribution in [3.05, 3.63) is 47.0 Å². The molecule has 1 aromatic carbocycles. The van der Waals surface area contributed by atoms with Gasteiger partial charge in [-0.05, 0) is 43.9 Å². The smallest absolute Gasteiger partial charge is 0.138 e. The van der Waals surface area contributed by atoms with E-state index in [-0.39, 0.29) is 6.04 Å². The zero-order valence-electron chi connectivity index (χ0n) is 11.9. The van der Waals surface area contributed by atoms with Gasteiger partial charge in [-0.2, -0.15) is 5.10 Å². The molecule has 0 amide bonds. The molecule has 4 heteroatoms. The van der Waals surface area contributed by atoms with Crippen LogP contribution in [0.3, 0.4) is 0 Å². The first-order chi connectivity index (χ1) is 9.10. The lowest BCUT2D eigenvalue weighted by Gasteiger charge is -2.12. The van der Waals surface area contributed by atoms with E-state index in [0.717, 1.165) is 25.2 Å². The maximum Gasteiger partial charge on any atom is 0.138 e. The minimum atomic E-state index is 0.0802. The van der Waals surface area contributed by atoms with E-state index in [1.54, 1.807) is 6.33 Å². The predicted octanol–water partition coefficient (Wildman–Crippen LogP) is 2.03. The number of hydrogen-bond donors (Lipinski definition) is 1. The van der Waals surface area contributed by atoms with Gasteiger partial charge in [-0.15, -0.1) is 0 Å². The van der Waals surface area contributed by atoms with E-state index in [9.17, 15) is 0 Å². The lowest BCUT2D eigenvalue weighted by Crippen LogP contribution is -2.27. The molecule has 0 aliphatic carbocycles. The molecule has 2 aromatic rings. The normalized spacial score (nSPS) is 12.6. The molecular weight excluding hydrogens is 236 g/mol. The highest BCUT2D eigenvalue weighted by atomic mass is 15.3. The van der Waals surface area contributed by atoms with Crippen LogP contribution in [-0.4, -0.2) is 20.8 Å². The van der Waals surface area contributed by atoms with E-state index >= 15 is 0 Å². The minimum absolute atomic E-state index is 0.0802. The standard InChI is InChI=1S/C15H22N4/c1-4-19-15(17-10-18-19)9-14(16)8-13-6-5-11(2)12(3)7-13/h5-7,10,14H,4,8-9,16H2,1-3H3. The van der Waals surface area contributed by atoms with Crippen molar-refractivity contribution in [2.24, 2.45) is 5.73 Å².